The zero-order valence-corrected chi connectivity index (χ0v) is 25.3. The molecule has 0 spiro atoms. The number of hydrogen-bond donors (Lipinski definition) is 0. The quantitative estimate of drug-likeness (QED) is 0.280. The lowest BCUT2D eigenvalue weighted by Gasteiger charge is -2.41. The van der Waals surface area contributed by atoms with Crippen LogP contribution in [0.15, 0.2) is 48.8 Å². The van der Waals surface area contributed by atoms with E-state index in [4.69, 9.17) is 32.9 Å². The average Bonchev–Trinajstić information content (AvgIpc) is 3.35. The van der Waals surface area contributed by atoms with Crippen molar-refractivity contribution in [1.82, 2.24) is 19.8 Å². The molecule has 4 heterocycles. The Morgan fingerprint density at radius 1 is 1.14 bits per heavy atom. The number of carbonyl (C=O) groups excluding carboxylic acids is 1. The lowest BCUT2D eigenvalue weighted by Crippen LogP contribution is -2.57. The molecule has 0 saturated carbocycles. The molecular formula is C32H34ClF2N7O2. The Kier molecular flexibility index (Phi) is 8.56. The summed E-state index contributed by atoms with van der Waals surface area (Å²) in [7, 11) is 1.88. The molecule has 2 fully saturated rings. The Bertz CT molecular complexity index is 1630. The molecule has 1 aromatic heterocycles. The fraction of sp³-hybridized carbons (Fsp3) is 0.438. The minimum absolute atomic E-state index is 0.0280. The van der Waals surface area contributed by atoms with Gasteiger partial charge in [-0.1, -0.05) is 42.4 Å². The number of hydrogen-bond acceptors (Lipinski definition) is 7. The fourth-order valence-corrected chi connectivity index (χ4v) is 6.85. The Morgan fingerprint density at radius 2 is 1.93 bits per heavy atom. The van der Waals surface area contributed by atoms with Crippen molar-refractivity contribution in [2.75, 3.05) is 62.7 Å². The Balaban J connectivity index is 1.34. The molecule has 3 atom stereocenters. The highest BCUT2D eigenvalue weighted by Gasteiger charge is 2.37. The number of rotatable bonds is 7. The lowest BCUT2D eigenvalue weighted by atomic mass is 10.0. The predicted octanol–water partition coefficient (Wildman–Crippen LogP) is 4.69. The number of benzene rings is 2. The van der Waals surface area contributed by atoms with Gasteiger partial charge in [-0.15, -0.1) is 0 Å². The second kappa shape index (κ2) is 12.5. The van der Waals surface area contributed by atoms with E-state index in [0.29, 0.717) is 56.4 Å². The molecule has 44 heavy (non-hydrogen) atoms. The number of nitrogens with zero attached hydrogens (tertiary/aromatic N) is 7. The van der Waals surface area contributed by atoms with Gasteiger partial charge in [0.05, 0.1) is 17.3 Å². The molecule has 6 rings (SSSR count). The summed E-state index contributed by atoms with van der Waals surface area (Å²) in [5.74, 6) is -1.14. The molecule has 9 nitrogen and oxygen atoms in total. The summed E-state index contributed by atoms with van der Waals surface area (Å²) in [6.45, 7) is 13.4. The molecule has 0 N–H and O–H groups in total. The molecule has 3 aromatic rings. The normalized spacial score (nSPS) is 22.2. The molecule has 3 aliphatic rings. The maximum absolute atomic E-state index is 14.0. The maximum atomic E-state index is 14.0. The number of likely N-dealkylation sites (tertiary alicyclic amines) is 1. The van der Waals surface area contributed by atoms with Crippen LogP contribution >= 0.6 is 11.6 Å². The summed E-state index contributed by atoms with van der Waals surface area (Å²) < 4.78 is 34.0. The summed E-state index contributed by atoms with van der Waals surface area (Å²) >= 11 is 6.66. The van der Waals surface area contributed by atoms with E-state index >= 15 is 0 Å². The van der Waals surface area contributed by atoms with Crippen LogP contribution in [0.1, 0.15) is 17.7 Å². The second-order valence-electron chi connectivity index (χ2n) is 11.6. The molecule has 3 aliphatic heterocycles. The van der Waals surface area contributed by atoms with Gasteiger partial charge in [0.15, 0.2) is 5.83 Å². The number of ether oxygens (including phenoxy) is 1. The van der Waals surface area contributed by atoms with Gasteiger partial charge >= 0.3 is 6.01 Å². The number of piperazine rings is 1. The van der Waals surface area contributed by atoms with Crippen molar-refractivity contribution in [3.05, 3.63) is 76.5 Å². The number of fused-ring (bicyclic) bond motifs is 2. The van der Waals surface area contributed by atoms with Crippen LogP contribution in [-0.2, 0) is 17.8 Å². The van der Waals surface area contributed by atoms with Crippen LogP contribution in [0.25, 0.3) is 15.6 Å². The minimum Gasteiger partial charge on any atom is -0.462 e. The number of carbonyl (C=O) groups is 1. The summed E-state index contributed by atoms with van der Waals surface area (Å²) in [6.07, 6.45) is 0.139. The highest BCUT2D eigenvalue weighted by atomic mass is 35.5. The lowest BCUT2D eigenvalue weighted by molar-refractivity contribution is -0.131. The van der Waals surface area contributed by atoms with Crippen LogP contribution in [0.3, 0.4) is 0 Å². The Morgan fingerprint density at radius 3 is 2.66 bits per heavy atom. The molecular weight excluding hydrogens is 588 g/mol. The SMILES string of the molecule is [C-]#[N+]C[C@H]1CN(c2nc(OC[C@H]3C[C@@H](F)CN3C)nc3c2CCN(c2cccc4cccc(Cl)c24)C3)CCN1C(=O)C(=C)F. The summed E-state index contributed by atoms with van der Waals surface area (Å²) in [5, 5.41) is 2.71. The first-order valence-electron chi connectivity index (χ1n) is 14.8. The van der Waals surface area contributed by atoms with E-state index in [2.05, 4.69) is 22.4 Å². The predicted molar refractivity (Wildman–Crippen MR) is 167 cm³/mol. The van der Waals surface area contributed by atoms with Gasteiger partial charge in [0.1, 0.15) is 24.6 Å². The van der Waals surface area contributed by atoms with Crippen molar-refractivity contribution < 1.29 is 18.3 Å². The number of alkyl halides is 1. The van der Waals surface area contributed by atoms with Gasteiger partial charge in [0.2, 0.25) is 6.54 Å². The van der Waals surface area contributed by atoms with Crippen LogP contribution in [0.4, 0.5) is 20.3 Å². The van der Waals surface area contributed by atoms with Gasteiger partial charge in [-0.3, -0.25) is 9.69 Å². The molecule has 2 saturated heterocycles. The van der Waals surface area contributed by atoms with Gasteiger partial charge in [0, 0.05) is 55.4 Å². The maximum Gasteiger partial charge on any atom is 0.318 e. The van der Waals surface area contributed by atoms with E-state index in [-0.39, 0.29) is 31.7 Å². The van der Waals surface area contributed by atoms with Crippen molar-refractivity contribution in [2.24, 2.45) is 0 Å². The van der Waals surface area contributed by atoms with Crippen molar-refractivity contribution >= 4 is 39.8 Å². The fourth-order valence-electron chi connectivity index (χ4n) is 6.57. The van der Waals surface area contributed by atoms with E-state index in [1.165, 1.54) is 4.90 Å². The summed E-state index contributed by atoms with van der Waals surface area (Å²) in [6, 6.07) is 11.6. The standard InChI is InChI=1S/C32H34ClF2N7O2/c1-20(34)31(43)42-13-12-41(17-24(42)15-36-2)30-25-10-11-40(28-9-5-7-21-6-4-8-26(33)29(21)28)18-27(25)37-32(38-30)44-19-23-14-22(35)16-39(23)3/h4-9,22-24H,1,10-19H2,3H3/t22-,23-,24+/m1/s1. The van der Waals surface area contributed by atoms with Crippen molar-refractivity contribution in [3.8, 4) is 6.01 Å². The van der Waals surface area contributed by atoms with Crippen LogP contribution in [0.2, 0.25) is 5.02 Å². The third-order valence-electron chi connectivity index (χ3n) is 8.81. The highest BCUT2D eigenvalue weighted by molar-refractivity contribution is 6.36. The van der Waals surface area contributed by atoms with E-state index < -0.39 is 23.9 Å². The van der Waals surface area contributed by atoms with Crippen molar-refractivity contribution in [3.63, 3.8) is 0 Å². The van der Waals surface area contributed by atoms with Gasteiger partial charge in [0.25, 0.3) is 5.91 Å². The first-order valence-corrected chi connectivity index (χ1v) is 15.1. The van der Waals surface area contributed by atoms with Crippen LogP contribution in [0.5, 0.6) is 6.01 Å². The molecule has 0 radical (unpaired) electrons. The molecule has 12 heteroatoms. The smallest absolute Gasteiger partial charge is 0.318 e. The summed E-state index contributed by atoms with van der Waals surface area (Å²) in [4.78, 5) is 33.3. The molecule has 0 unspecified atom stereocenters. The zero-order chi connectivity index (χ0) is 31.0. The largest absolute Gasteiger partial charge is 0.462 e. The molecule has 0 aliphatic carbocycles. The molecule has 230 valence electrons. The van der Waals surface area contributed by atoms with E-state index in [1.807, 2.05) is 47.2 Å². The number of halogens is 3. The minimum atomic E-state index is -1.04. The third kappa shape index (κ3) is 5.88. The Hall–Kier alpha value is -4.01. The van der Waals surface area contributed by atoms with E-state index in [1.54, 1.807) is 0 Å². The highest BCUT2D eigenvalue weighted by Crippen LogP contribution is 2.37. The monoisotopic (exact) mass is 621 g/mol. The first-order chi connectivity index (χ1) is 21.2. The molecule has 2 aromatic carbocycles. The Labute approximate surface area is 260 Å². The number of aromatic nitrogens is 2. The van der Waals surface area contributed by atoms with Gasteiger partial charge in [-0.2, -0.15) is 9.97 Å². The average molecular weight is 622 g/mol. The van der Waals surface area contributed by atoms with Crippen LogP contribution in [0, 0.1) is 6.57 Å². The van der Waals surface area contributed by atoms with E-state index in [0.717, 1.165) is 27.7 Å². The third-order valence-corrected chi connectivity index (χ3v) is 9.13. The number of anilines is 2. The number of likely N-dealkylation sites (N-methyl/N-ethyl adjacent to an activating group) is 1. The summed E-state index contributed by atoms with van der Waals surface area (Å²) in [5.41, 5.74) is 2.79. The van der Waals surface area contributed by atoms with E-state index in [9.17, 15) is 13.6 Å². The molecule has 1 amide bonds. The van der Waals surface area contributed by atoms with Crippen LogP contribution < -0.4 is 14.5 Å². The van der Waals surface area contributed by atoms with Crippen molar-refractivity contribution in [2.45, 2.75) is 37.6 Å². The first kappa shape index (κ1) is 30.0. The topological polar surface area (TPSA) is 69.4 Å². The molecule has 0 bridgehead atoms. The number of amides is 1. The second-order valence-corrected chi connectivity index (χ2v) is 12.0. The van der Waals surface area contributed by atoms with Gasteiger partial charge in [-0.05, 0) is 37.4 Å². The van der Waals surface area contributed by atoms with Gasteiger partial charge < -0.3 is 24.3 Å². The van der Waals surface area contributed by atoms with Gasteiger partial charge in [-0.25, -0.2) is 15.4 Å². The zero-order valence-electron chi connectivity index (χ0n) is 24.6. The van der Waals surface area contributed by atoms with Crippen molar-refractivity contribution in [1.29, 1.82) is 0 Å². The van der Waals surface area contributed by atoms with Crippen LogP contribution in [-0.4, -0.2) is 96.9 Å².